The van der Waals surface area contributed by atoms with Crippen LogP contribution in [-0.2, 0) is 11.3 Å². The van der Waals surface area contributed by atoms with Crippen molar-refractivity contribution in [3.8, 4) is 22.7 Å². The Morgan fingerprint density at radius 1 is 1.11 bits per heavy atom. The van der Waals surface area contributed by atoms with Crippen LogP contribution in [0.1, 0.15) is 25.0 Å². The number of aromatic nitrogens is 3. The smallest absolute Gasteiger partial charge is 0.253 e. The van der Waals surface area contributed by atoms with Crippen LogP contribution in [0, 0.1) is 6.92 Å². The summed E-state index contributed by atoms with van der Waals surface area (Å²) in [5, 5.41) is 12.6. The van der Waals surface area contributed by atoms with Gasteiger partial charge in [-0.15, -0.1) is 10.2 Å². The first-order valence-corrected chi connectivity index (χ1v) is 9.44. The summed E-state index contributed by atoms with van der Waals surface area (Å²) >= 11 is 0. The quantitative estimate of drug-likeness (QED) is 0.686. The van der Waals surface area contributed by atoms with Crippen molar-refractivity contribution in [1.29, 1.82) is 0 Å². The molecule has 28 heavy (non-hydrogen) atoms. The molecule has 0 saturated carbocycles. The van der Waals surface area contributed by atoms with Gasteiger partial charge in [0.25, 0.3) is 5.89 Å². The van der Waals surface area contributed by atoms with E-state index < -0.39 is 0 Å². The second kappa shape index (κ2) is 7.93. The van der Waals surface area contributed by atoms with Gasteiger partial charge >= 0.3 is 0 Å². The molecule has 1 amide bonds. The molecule has 3 heterocycles. The summed E-state index contributed by atoms with van der Waals surface area (Å²) in [6.07, 6.45) is 0.934. The number of hydrogen-bond donors (Lipinski definition) is 0. The van der Waals surface area contributed by atoms with Crippen molar-refractivity contribution in [2.24, 2.45) is 0 Å². The molecule has 0 aliphatic carbocycles. The largest absolute Gasteiger partial charge is 0.419 e. The molecular weight excluding hydrogens is 358 g/mol. The van der Waals surface area contributed by atoms with Gasteiger partial charge < -0.3 is 13.8 Å². The zero-order valence-corrected chi connectivity index (χ0v) is 16.1. The van der Waals surface area contributed by atoms with Crippen LogP contribution < -0.4 is 0 Å². The lowest BCUT2D eigenvalue weighted by Crippen LogP contribution is -2.33. The normalized spacial score (nSPS) is 15.6. The first-order chi connectivity index (χ1) is 13.6. The van der Waals surface area contributed by atoms with Crippen LogP contribution in [0.2, 0.25) is 0 Å². The summed E-state index contributed by atoms with van der Waals surface area (Å²) in [6.45, 7) is 7.21. The van der Waals surface area contributed by atoms with Gasteiger partial charge in [0.1, 0.15) is 17.0 Å². The maximum Gasteiger partial charge on any atom is 0.253 e. The van der Waals surface area contributed by atoms with Gasteiger partial charge in [-0.05, 0) is 13.3 Å². The lowest BCUT2D eigenvalue weighted by atomic mass is 10.1. The number of rotatable bonds is 4. The molecule has 0 radical (unpaired) electrons. The average molecular weight is 381 g/mol. The number of carbonyl (C=O) groups is 1. The molecule has 0 bridgehead atoms. The van der Waals surface area contributed by atoms with Crippen LogP contribution in [0.15, 0.2) is 39.3 Å². The first kappa shape index (κ1) is 18.4. The van der Waals surface area contributed by atoms with E-state index >= 15 is 0 Å². The van der Waals surface area contributed by atoms with Gasteiger partial charge in [-0.1, -0.05) is 35.5 Å². The van der Waals surface area contributed by atoms with Crippen molar-refractivity contribution < 1.29 is 13.7 Å². The second-order valence-electron chi connectivity index (χ2n) is 6.97. The highest BCUT2D eigenvalue weighted by molar-refractivity contribution is 5.77. The van der Waals surface area contributed by atoms with Crippen molar-refractivity contribution >= 4 is 5.91 Å². The van der Waals surface area contributed by atoms with E-state index in [1.165, 1.54) is 0 Å². The van der Waals surface area contributed by atoms with E-state index in [0.717, 1.165) is 43.7 Å². The maximum atomic E-state index is 11.6. The number of nitrogens with zero attached hydrogens (tertiary/aromatic N) is 5. The molecule has 1 aromatic carbocycles. The molecule has 4 rings (SSSR count). The topological polar surface area (TPSA) is 88.5 Å². The van der Waals surface area contributed by atoms with Gasteiger partial charge in [0.2, 0.25) is 11.8 Å². The van der Waals surface area contributed by atoms with E-state index in [9.17, 15) is 4.79 Å². The van der Waals surface area contributed by atoms with Gasteiger partial charge in [0.15, 0.2) is 0 Å². The van der Waals surface area contributed by atoms with Crippen molar-refractivity contribution in [1.82, 2.24) is 25.2 Å². The Bertz CT molecular complexity index is 950. The zero-order valence-electron chi connectivity index (χ0n) is 16.1. The summed E-state index contributed by atoms with van der Waals surface area (Å²) in [5.74, 6) is 1.72. The van der Waals surface area contributed by atoms with Crippen LogP contribution in [0.3, 0.4) is 0 Å². The average Bonchev–Trinajstić information content (AvgIpc) is 3.22. The second-order valence-corrected chi connectivity index (χ2v) is 6.97. The number of benzene rings is 1. The fourth-order valence-corrected chi connectivity index (χ4v) is 3.47. The van der Waals surface area contributed by atoms with Crippen LogP contribution in [0.25, 0.3) is 22.7 Å². The Balaban J connectivity index is 1.51. The zero-order chi connectivity index (χ0) is 19.5. The standard InChI is InChI=1S/C20H23N5O3/c1-14-18(19(23-28-14)16-7-4-3-5-8-16)20-22-21-17(27-20)13-24-9-6-10-25(12-11-24)15(2)26/h3-5,7-8H,6,9-13H2,1-2H3. The third-order valence-corrected chi connectivity index (χ3v) is 4.98. The molecular formula is C20H23N5O3. The summed E-state index contributed by atoms with van der Waals surface area (Å²) in [4.78, 5) is 15.7. The van der Waals surface area contributed by atoms with Gasteiger partial charge in [0.05, 0.1) is 6.54 Å². The van der Waals surface area contributed by atoms with Crippen LogP contribution in [0.5, 0.6) is 0 Å². The molecule has 0 unspecified atom stereocenters. The number of aryl methyl sites for hydroxylation is 1. The van der Waals surface area contributed by atoms with Crippen LogP contribution >= 0.6 is 0 Å². The minimum Gasteiger partial charge on any atom is -0.419 e. The Morgan fingerprint density at radius 3 is 2.71 bits per heavy atom. The van der Waals surface area contributed by atoms with E-state index in [4.69, 9.17) is 8.94 Å². The molecule has 1 aliphatic heterocycles. The maximum absolute atomic E-state index is 11.6. The lowest BCUT2D eigenvalue weighted by molar-refractivity contribution is -0.128. The van der Waals surface area contributed by atoms with Gasteiger partial charge in [-0.25, -0.2) is 0 Å². The summed E-state index contributed by atoms with van der Waals surface area (Å²) in [7, 11) is 0. The third kappa shape index (κ3) is 3.82. The van der Waals surface area contributed by atoms with Crippen molar-refractivity contribution in [3.05, 3.63) is 42.0 Å². The summed E-state index contributed by atoms with van der Waals surface area (Å²) in [6, 6.07) is 9.79. The number of amides is 1. The minimum atomic E-state index is 0.123. The van der Waals surface area contributed by atoms with Crippen LogP contribution in [-0.4, -0.2) is 57.2 Å². The highest BCUT2D eigenvalue weighted by atomic mass is 16.5. The van der Waals surface area contributed by atoms with Gasteiger partial charge in [-0.3, -0.25) is 9.69 Å². The van der Waals surface area contributed by atoms with Crippen molar-refractivity contribution in [2.75, 3.05) is 26.2 Å². The molecule has 8 heteroatoms. The monoisotopic (exact) mass is 381 g/mol. The molecule has 1 saturated heterocycles. The predicted octanol–water partition coefficient (Wildman–Crippen LogP) is 2.75. The highest BCUT2D eigenvalue weighted by Crippen LogP contribution is 2.33. The first-order valence-electron chi connectivity index (χ1n) is 9.44. The lowest BCUT2D eigenvalue weighted by Gasteiger charge is -2.19. The Labute approximate surface area is 163 Å². The molecule has 1 fully saturated rings. The minimum absolute atomic E-state index is 0.123. The molecule has 0 spiro atoms. The fourth-order valence-electron chi connectivity index (χ4n) is 3.47. The Kier molecular flexibility index (Phi) is 5.21. The van der Waals surface area contributed by atoms with E-state index in [0.29, 0.717) is 29.8 Å². The van der Waals surface area contributed by atoms with E-state index in [-0.39, 0.29) is 5.91 Å². The molecule has 3 aromatic rings. The SMILES string of the molecule is CC(=O)N1CCCN(Cc2nnc(-c3c(-c4ccccc4)noc3C)o2)CC1. The summed E-state index contributed by atoms with van der Waals surface area (Å²) < 4.78 is 11.3. The van der Waals surface area contributed by atoms with Gasteiger partial charge in [-0.2, -0.15) is 0 Å². The molecule has 0 N–H and O–H groups in total. The van der Waals surface area contributed by atoms with Crippen molar-refractivity contribution in [2.45, 2.75) is 26.8 Å². The Morgan fingerprint density at radius 2 is 1.93 bits per heavy atom. The van der Waals surface area contributed by atoms with E-state index in [1.807, 2.05) is 42.2 Å². The molecule has 1 aliphatic rings. The van der Waals surface area contributed by atoms with Crippen molar-refractivity contribution in [3.63, 3.8) is 0 Å². The van der Waals surface area contributed by atoms with E-state index in [2.05, 4.69) is 20.3 Å². The molecule has 0 atom stereocenters. The van der Waals surface area contributed by atoms with Gasteiger partial charge in [0, 0.05) is 38.7 Å². The number of hydrogen-bond acceptors (Lipinski definition) is 7. The Hall–Kier alpha value is -3.00. The predicted molar refractivity (Wildman–Crippen MR) is 102 cm³/mol. The molecule has 8 nitrogen and oxygen atoms in total. The molecule has 2 aromatic heterocycles. The third-order valence-electron chi connectivity index (χ3n) is 4.98. The summed E-state index contributed by atoms with van der Waals surface area (Å²) in [5.41, 5.74) is 2.36. The molecule has 146 valence electrons. The fraction of sp³-hybridized carbons (Fsp3) is 0.400. The van der Waals surface area contributed by atoms with Crippen LogP contribution in [0.4, 0.5) is 0 Å². The number of carbonyl (C=O) groups excluding carboxylic acids is 1. The van der Waals surface area contributed by atoms with E-state index in [1.54, 1.807) is 6.92 Å². The highest BCUT2D eigenvalue weighted by Gasteiger charge is 2.23.